The summed E-state index contributed by atoms with van der Waals surface area (Å²) in [4.78, 5) is 1.68. The van der Waals surface area contributed by atoms with Crippen molar-refractivity contribution >= 4 is 0 Å². The molecule has 1 nitrogen and oxygen atoms in total. The smallest absolute Gasteiger partial charge is 0.263 e. The van der Waals surface area contributed by atoms with E-state index in [-0.39, 0.29) is 6.54 Å². The van der Waals surface area contributed by atoms with Gasteiger partial charge in [-0.2, -0.15) is 0 Å². The highest BCUT2D eigenvalue weighted by molar-refractivity contribution is 4.82. The third kappa shape index (κ3) is 5.53. The molecule has 1 saturated heterocycles. The molecule has 1 unspecified atom stereocenters. The topological polar surface area (TPSA) is 3.24 Å². The highest BCUT2D eigenvalue weighted by Crippen LogP contribution is 2.31. The van der Waals surface area contributed by atoms with E-state index >= 15 is 0 Å². The van der Waals surface area contributed by atoms with E-state index in [1.807, 2.05) is 27.7 Å². The molecule has 88 valence electrons. The third-order valence-electron chi connectivity index (χ3n) is 2.15. The van der Waals surface area contributed by atoms with E-state index in [0.717, 1.165) is 6.54 Å². The molecule has 0 radical (unpaired) electrons. The van der Waals surface area contributed by atoms with Crippen LogP contribution in [0.5, 0.6) is 0 Å². The van der Waals surface area contributed by atoms with E-state index in [9.17, 15) is 8.78 Å². The Morgan fingerprint density at radius 3 is 1.86 bits per heavy atom. The summed E-state index contributed by atoms with van der Waals surface area (Å²) >= 11 is 0. The zero-order valence-corrected chi connectivity index (χ0v) is 10.4. The van der Waals surface area contributed by atoms with Gasteiger partial charge in [0.2, 0.25) is 0 Å². The first-order chi connectivity index (χ1) is 6.52. The number of rotatable bonds is 0. The summed E-state index contributed by atoms with van der Waals surface area (Å²) in [7, 11) is 1.74. The summed E-state index contributed by atoms with van der Waals surface area (Å²) in [6, 6.07) is 0. The Labute approximate surface area is 87.5 Å². The van der Waals surface area contributed by atoms with Gasteiger partial charge in [-0.05, 0) is 20.0 Å². The molecule has 1 atom stereocenters. The molecule has 0 N–H and O–H groups in total. The number of piperidine rings is 1. The van der Waals surface area contributed by atoms with Gasteiger partial charge in [0.15, 0.2) is 0 Å². The second kappa shape index (κ2) is 8.16. The number of likely N-dealkylation sites (tertiary alicyclic amines) is 1. The van der Waals surface area contributed by atoms with Crippen molar-refractivity contribution in [1.82, 2.24) is 4.90 Å². The number of alkyl halides is 2. The first-order valence-corrected chi connectivity index (χ1v) is 5.59. The molecule has 1 rings (SSSR count). The standard InChI is InChI=1S/C7H13F2N.2C2H6/c1-6-3-4-10(2)5-7(6,8)9;2*1-2/h6H,3-5H2,1-2H3;2*1-2H3. The van der Waals surface area contributed by atoms with Crippen LogP contribution in [0.3, 0.4) is 0 Å². The normalized spacial score (nSPS) is 25.3. The lowest BCUT2D eigenvalue weighted by Crippen LogP contribution is -2.45. The van der Waals surface area contributed by atoms with E-state index in [2.05, 4.69) is 0 Å². The average molecular weight is 209 g/mol. The van der Waals surface area contributed by atoms with Crippen LogP contribution in [0.25, 0.3) is 0 Å². The maximum Gasteiger partial charge on any atom is 0.263 e. The van der Waals surface area contributed by atoms with Crippen molar-refractivity contribution in [2.45, 2.75) is 47.0 Å². The minimum atomic E-state index is -2.47. The lowest BCUT2D eigenvalue weighted by atomic mass is 9.95. The van der Waals surface area contributed by atoms with Gasteiger partial charge in [0, 0.05) is 5.92 Å². The molecule has 0 amide bonds. The molecule has 1 fully saturated rings. The molecule has 0 bridgehead atoms. The Morgan fingerprint density at radius 2 is 1.57 bits per heavy atom. The molecule has 14 heavy (non-hydrogen) atoms. The maximum absolute atomic E-state index is 12.8. The van der Waals surface area contributed by atoms with Gasteiger partial charge in [0.1, 0.15) is 0 Å². The van der Waals surface area contributed by atoms with Gasteiger partial charge in [-0.15, -0.1) is 0 Å². The fraction of sp³-hybridized carbons (Fsp3) is 1.00. The van der Waals surface area contributed by atoms with E-state index in [0.29, 0.717) is 6.42 Å². The van der Waals surface area contributed by atoms with Crippen molar-refractivity contribution in [1.29, 1.82) is 0 Å². The Hall–Kier alpha value is -0.180. The zero-order chi connectivity index (χ0) is 11.8. The molecule has 3 heteroatoms. The van der Waals surface area contributed by atoms with Crippen molar-refractivity contribution in [3.8, 4) is 0 Å². The second-order valence-corrected chi connectivity index (χ2v) is 3.19. The van der Waals surface area contributed by atoms with Crippen molar-refractivity contribution in [3.63, 3.8) is 0 Å². The van der Waals surface area contributed by atoms with Gasteiger partial charge in [-0.25, -0.2) is 8.78 Å². The maximum atomic E-state index is 12.8. The van der Waals surface area contributed by atoms with Crippen molar-refractivity contribution in [2.24, 2.45) is 5.92 Å². The minimum Gasteiger partial charge on any atom is -0.301 e. The fourth-order valence-corrected chi connectivity index (χ4v) is 1.22. The molecule has 1 aliphatic heterocycles. The highest BCUT2D eigenvalue weighted by Gasteiger charge is 2.40. The Kier molecular flexibility index (Phi) is 9.47. The highest BCUT2D eigenvalue weighted by atomic mass is 19.3. The van der Waals surface area contributed by atoms with Gasteiger partial charge in [0.05, 0.1) is 6.54 Å². The van der Waals surface area contributed by atoms with Gasteiger partial charge in [-0.3, -0.25) is 0 Å². The van der Waals surface area contributed by atoms with Crippen LogP contribution >= 0.6 is 0 Å². The van der Waals surface area contributed by atoms with Crippen LogP contribution in [0, 0.1) is 5.92 Å². The SMILES string of the molecule is CC.CC.CC1CCN(C)CC1(F)F. The Balaban J connectivity index is 0. The van der Waals surface area contributed by atoms with Gasteiger partial charge >= 0.3 is 0 Å². The van der Waals surface area contributed by atoms with Crippen molar-refractivity contribution < 1.29 is 8.78 Å². The van der Waals surface area contributed by atoms with Crippen LogP contribution in [0.15, 0.2) is 0 Å². The number of hydrogen-bond acceptors (Lipinski definition) is 1. The molecule has 0 aromatic carbocycles. The van der Waals surface area contributed by atoms with Crippen LogP contribution in [0.2, 0.25) is 0 Å². The summed E-state index contributed by atoms with van der Waals surface area (Å²) in [5.74, 6) is -2.91. The van der Waals surface area contributed by atoms with E-state index < -0.39 is 11.8 Å². The van der Waals surface area contributed by atoms with Crippen LogP contribution in [-0.4, -0.2) is 31.0 Å². The summed E-state index contributed by atoms with van der Waals surface area (Å²) in [6.07, 6.45) is 0.615. The monoisotopic (exact) mass is 209 g/mol. The third-order valence-corrected chi connectivity index (χ3v) is 2.15. The number of halogens is 2. The molecule has 1 heterocycles. The summed E-state index contributed by atoms with van der Waals surface area (Å²) in [5, 5.41) is 0. The molecule has 0 aromatic heterocycles. The summed E-state index contributed by atoms with van der Waals surface area (Å²) in [6.45, 7) is 10.3. The first kappa shape index (κ1) is 16.3. The quantitative estimate of drug-likeness (QED) is 0.588. The fourth-order valence-electron chi connectivity index (χ4n) is 1.22. The van der Waals surface area contributed by atoms with E-state index in [4.69, 9.17) is 0 Å². The zero-order valence-electron chi connectivity index (χ0n) is 10.4. The van der Waals surface area contributed by atoms with Crippen LogP contribution in [0.1, 0.15) is 41.0 Å². The predicted molar refractivity (Wildman–Crippen MR) is 58.9 cm³/mol. The molecule has 0 saturated carbocycles. The van der Waals surface area contributed by atoms with Crippen LogP contribution < -0.4 is 0 Å². The predicted octanol–water partition coefficient (Wildman–Crippen LogP) is 3.65. The largest absolute Gasteiger partial charge is 0.301 e. The molecule has 0 aliphatic carbocycles. The lowest BCUT2D eigenvalue weighted by molar-refractivity contribution is -0.0985. The van der Waals surface area contributed by atoms with Crippen molar-refractivity contribution in [2.75, 3.05) is 20.1 Å². The number of nitrogens with zero attached hydrogens (tertiary/aromatic N) is 1. The molecule has 0 aromatic rings. The first-order valence-electron chi connectivity index (χ1n) is 5.59. The number of hydrogen-bond donors (Lipinski definition) is 0. The van der Waals surface area contributed by atoms with Gasteiger partial charge in [0.25, 0.3) is 5.92 Å². The second-order valence-electron chi connectivity index (χ2n) is 3.19. The van der Waals surface area contributed by atoms with Gasteiger partial charge < -0.3 is 4.90 Å². The molecular weight excluding hydrogens is 184 g/mol. The van der Waals surface area contributed by atoms with E-state index in [1.54, 1.807) is 18.9 Å². The summed E-state index contributed by atoms with van der Waals surface area (Å²) in [5.41, 5.74) is 0. The molecule has 1 aliphatic rings. The Bertz CT molecular complexity index is 126. The van der Waals surface area contributed by atoms with Gasteiger partial charge in [-0.1, -0.05) is 34.6 Å². The Morgan fingerprint density at radius 1 is 1.14 bits per heavy atom. The minimum absolute atomic E-state index is 0.0752. The van der Waals surface area contributed by atoms with E-state index in [1.165, 1.54) is 0 Å². The molecule has 0 spiro atoms. The van der Waals surface area contributed by atoms with Crippen molar-refractivity contribution in [3.05, 3.63) is 0 Å². The average Bonchev–Trinajstić information content (AvgIpc) is 2.18. The molecular formula is C11H25F2N. The summed E-state index contributed by atoms with van der Waals surface area (Å²) < 4.78 is 25.6. The van der Waals surface area contributed by atoms with Crippen LogP contribution in [0.4, 0.5) is 8.78 Å². The van der Waals surface area contributed by atoms with Crippen LogP contribution in [-0.2, 0) is 0 Å². The lowest BCUT2D eigenvalue weighted by Gasteiger charge is -2.34.